The standard InChI is InChI=1S/C13H27N/c1-4-7-10-13(11-8-5-2)14-12-9-6-3/h12-14H,3-11H2,1-2H3. The number of unbranched alkanes of at least 4 members (excludes halogenated alkanes) is 3. The maximum atomic E-state index is 3.84. The van der Waals surface area contributed by atoms with Gasteiger partial charge in [0.2, 0.25) is 0 Å². The minimum atomic E-state index is 0.710. The molecule has 0 saturated heterocycles. The second-order valence-corrected chi connectivity index (χ2v) is 3.99. The van der Waals surface area contributed by atoms with Gasteiger partial charge in [0, 0.05) is 12.6 Å². The summed E-state index contributed by atoms with van der Waals surface area (Å²) < 4.78 is 0. The van der Waals surface area contributed by atoms with Gasteiger partial charge in [0.25, 0.3) is 0 Å². The van der Waals surface area contributed by atoms with Crippen molar-refractivity contribution >= 4 is 0 Å². The van der Waals surface area contributed by atoms with Crippen LogP contribution in [-0.2, 0) is 0 Å². The summed E-state index contributed by atoms with van der Waals surface area (Å²) in [6.45, 7) is 10.6. The number of hydrogen-bond acceptors (Lipinski definition) is 1. The average molecular weight is 197 g/mol. The normalized spacial score (nSPS) is 11.1. The molecule has 2 radical (unpaired) electrons. The van der Waals surface area contributed by atoms with Crippen LogP contribution in [0.5, 0.6) is 0 Å². The molecule has 0 aromatic heterocycles. The van der Waals surface area contributed by atoms with E-state index >= 15 is 0 Å². The summed E-state index contributed by atoms with van der Waals surface area (Å²) in [7, 11) is 0. The number of rotatable bonds is 10. The summed E-state index contributed by atoms with van der Waals surface area (Å²) in [4.78, 5) is 0. The van der Waals surface area contributed by atoms with Gasteiger partial charge in [0.1, 0.15) is 0 Å². The molecule has 14 heavy (non-hydrogen) atoms. The molecule has 0 atom stereocenters. The summed E-state index contributed by atoms with van der Waals surface area (Å²) in [5.74, 6) is 0. The third-order valence-corrected chi connectivity index (χ3v) is 2.51. The third kappa shape index (κ3) is 8.55. The smallest absolute Gasteiger partial charge is 0.0223 e. The van der Waals surface area contributed by atoms with Gasteiger partial charge in [0.05, 0.1) is 0 Å². The first-order chi connectivity index (χ1) is 6.85. The van der Waals surface area contributed by atoms with Crippen LogP contribution in [0.3, 0.4) is 0 Å². The van der Waals surface area contributed by atoms with Crippen molar-refractivity contribution in [2.75, 3.05) is 0 Å². The minimum Gasteiger partial charge on any atom is -0.310 e. The highest BCUT2D eigenvalue weighted by Gasteiger charge is 2.05. The van der Waals surface area contributed by atoms with Crippen molar-refractivity contribution in [3.63, 3.8) is 0 Å². The molecule has 0 bridgehead atoms. The van der Waals surface area contributed by atoms with E-state index in [1.54, 1.807) is 0 Å². The molecule has 0 fully saturated rings. The van der Waals surface area contributed by atoms with Crippen molar-refractivity contribution in [3.8, 4) is 0 Å². The lowest BCUT2D eigenvalue weighted by molar-refractivity contribution is 0.450. The fourth-order valence-corrected chi connectivity index (χ4v) is 1.56. The highest BCUT2D eigenvalue weighted by atomic mass is 14.9. The van der Waals surface area contributed by atoms with Gasteiger partial charge in [-0.1, -0.05) is 52.9 Å². The lowest BCUT2D eigenvalue weighted by Gasteiger charge is -2.17. The summed E-state index contributed by atoms with van der Waals surface area (Å²) >= 11 is 0. The molecule has 0 spiro atoms. The van der Waals surface area contributed by atoms with Crippen molar-refractivity contribution in [1.29, 1.82) is 0 Å². The second kappa shape index (κ2) is 11.0. The van der Waals surface area contributed by atoms with Gasteiger partial charge < -0.3 is 5.32 Å². The minimum absolute atomic E-state index is 0.710. The van der Waals surface area contributed by atoms with Gasteiger partial charge in [-0.15, -0.1) is 0 Å². The predicted octanol–water partition coefficient (Wildman–Crippen LogP) is 4.10. The molecule has 0 saturated carbocycles. The van der Waals surface area contributed by atoms with Crippen LogP contribution in [0.15, 0.2) is 0 Å². The highest BCUT2D eigenvalue weighted by molar-refractivity contribution is 4.72. The van der Waals surface area contributed by atoms with E-state index in [2.05, 4.69) is 32.6 Å². The van der Waals surface area contributed by atoms with E-state index in [4.69, 9.17) is 0 Å². The number of hydrogen-bond donors (Lipinski definition) is 1. The molecular formula is C13H27N. The average Bonchev–Trinajstić information content (AvgIpc) is 2.21. The quantitative estimate of drug-likeness (QED) is 0.520. The molecule has 0 aliphatic heterocycles. The molecule has 0 unspecified atom stereocenters. The van der Waals surface area contributed by atoms with Crippen LogP contribution in [0, 0.1) is 13.5 Å². The first-order valence-corrected chi connectivity index (χ1v) is 6.22. The lowest BCUT2D eigenvalue weighted by Crippen LogP contribution is -2.26. The second-order valence-electron chi connectivity index (χ2n) is 3.99. The lowest BCUT2D eigenvalue weighted by atomic mass is 10.0. The van der Waals surface area contributed by atoms with Gasteiger partial charge in [-0.2, -0.15) is 0 Å². The zero-order valence-electron chi connectivity index (χ0n) is 10.0. The van der Waals surface area contributed by atoms with Gasteiger partial charge in [-0.3, -0.25) is 0 Å². The summed E-state index contributed by atoms with van der Waals surface area (Å²) in [5, 5.41) is 3.53. The van der Waals surface area contributed by atoms with E-state index in [1.165, 1.54) is 38.5 Å². The zero-order valence-corrected chi connectivity index (χ0v) is 10.0. The Morgan fingerprint density at radius 3 is 2.14 bits per heavy atom. The first kappa shape index (κ1) is 14.0. The molecule has 0 aliphatic carbocycles. The van der Waals surface area contributed by atoms with Crippen molar-refractivity contribution in [1.82, 2.24) is 5.32 Å². The van der Waals surface area contributed by atoms with Gasteiger partial charge in [-0.25, -0.2) is 0 Å². The summed E-state index contributed by atoms with van der Waals surface area (Å²) in [5.41, 5.74) is 0. The van der Waals surface area contributed by atoms with Crippen LogP contribution in [0.1, 0.15) is 65.2 Å². The van der Waals surface area contributed by atoms with Gasteiger partial charge in [0.15, 0.2) is 0 Å². The third-order valence-electron chi connectivity index (χ3n) is 2.51. The fraction of sp³-hybridized carbons (Fsp3) is 0.846. The molecular weight excluding hydrogens is 170 g/mol. The monoisotopic (exact) mass is 197 g/mol. The maximum absolute atomic E-state index is 3.84. The Morgan fingerprint density at radius 2 is 1.71 bits per heavy atom. The fourth-order valence-electron chi connectivity index (χ4n) is 1.56. The van der Waals surface area contributed by atoms with Gasteiger partial charge in [-0.05, 0) is 19.3 Å². The molecule has 0 rings (SSSR count). The molecule has 1 N–H and O–H groups in total. The highest BCUT2D eigenvalue weighted by Crippen LogP contribution is 2.09. The Balaban J connectivity index is 3.49. The molecule has 0 heterocycles. The Kier molecular flexibility index (Phi) is 11.0. The number of nitrogens with one attached hydrogen (secondary N) is 1. The van der Waals surface area contributed by atoms with Crippen molar-refractivity contribution in [2.24, 2.45) is 0 Å². The van der Waals surface area contributed by atoms with E-state index in [9.17, 15) is 0 Å². The molecule has 0 aromatic rings. The van der Waals surface area contributed by atoms with E-state index < -0.39 is 0 Å². The molecule has 1 heteroatoms. The van der Waals surface area contributed by atoms with Crippen LogP contribution < -0.4 is 5.32 Å². The summed E-state index contributed by atoms with van der Waals surface area (Å²) in [6.07, 6.45) is 10.0. The van der Waals surface area contributed by atoms with E-state index in [1.807, 2.05) is 0 Å². The Morgan fingerprint density at radius 1 is 1.14 bits per heavy atom. The maximum Gasteiger partial charge on any atom is 0.0223 e. The molecule has 0 aromatic carbocycles. The Bertz CT molecular complexity index is 93.4. The summed E-state index contributed by atoms with van der Waals surface area (Å²) in [6, 6.07) is 0.710. The largest absolute Gasteiger partial charge is 0.310 e. The molecule has 0 aliphatic rings. The molecule has 0 amide bonds. The SMILES string of the molecule is [CH2]CC[CH]NC(CCCC)CCCC. The van der Waals surface area contributed by atoms with Crippen molar-refractivity contribution in [3.05, 3.63) is 13.5 Å². The van der Waals surface area contributed by atoms with Crippen LogP contribution in [-0.4, -0.2) is 6.04 Å². The van der Waals surface area contributed by atoms with Crippen LogP contribution in [0.2, 0.25) is 0 Å². The van der Waals surface area contributed by atoms with Crippen molar-refractivity contribution in [2.45, 2.75) is 71.3 Å². The Labute approximate surface area is 90.7 Å². The first-order valence-electron chi connectivity index (χ1n) is 6.22. The van der Waals surface area contributed by atoms with E-state index in [-0.39, 0.29) is 0 Å². The van der Waals surface area contributed by atoms with E-state index in [0.29, 0.717) is 6.04 Å². The van der Waals surface area contributed by atoms with Crippen LogP contribution >= 0.6 is 0 Å². The predicted molar refractivity (Wildman–Crippen MR) is 64.9 cm³/mol. The van der Waals surface area contributed by atoms with E-state index in [0.717, 1.165) is 12.8 Å². The van der Waals surface area contributed by atoms with Gasteiger partial charge >= 0.3 is 0 Å². The Hall–Kier alpha value is -0.0400. The van der Waals surface area contributed by atoms with Crippen molar-refractivity contribution < 1.29 is 0 Å². The zero-order chi connectivity index (χ0) is 10.6. The van der Waals surface area contributed by atoms with Crippen LogP contribution in [0.25, 0.3) is 0 Å². The molecule has 84 valence electrons. The topological polar surface area (TPSA) is 12.0 Å². The molecule has 1 nitrogen and oxygen atoms in total. The van der Waals surface area contributed by atoms with Crippen LogP contribution in [0.4, 0.5) is 0 Å².